The minimum Gasteiger partial charge on any atom is -0.479 e. The minimum absolute atomic E-state index is 0.683. The lowest BCUT2D eigenvalue weighted by atomic mass is 9.96. The zero-order valence-corrected chi connectivity index (χ0v) is 17.9. The van der Waals surface area contributed by atoms with E-state index in [0.717, 1.165) is 7.11 Å². The number of carboxylic acids is 1. The number of aliphatic carboxylic acids is 1. The van der Waals surface area contributed by atoms with E-state index in [4.69, 9.17) is 28.4 Å². The first-order chi connectivity index (χ1) is 16.0. The predicted octanol–water partition coefficient (Wildman–Crippen LogP) is -6.19. The van der Waals surface area contributed by atoms with E-state index >= 15 is 0 Å². The third-order valence-electron chi connectivity index (χ3n) is 5.92. The fraction of sp³-hybridized carbons (Fsp3) is 0.944. The monoisotopic (exact) mass is 502 g/mol. The number of ether oxygens (including phenoxy) is 6. The Morgan fingerprint density at radius 1 is 0.676 bits per heavy atom. The first-order valence-electron chi connectivity index (χ1n) is 10.4. The number of hydrogen-bond acceptors (Lipinski definition) is 15. The number of carbonyl (C=O) groups is 1. The molecule has 0 amide bonds. The molecule has 3 saturated heterocycles. The number of aliphatic hydroxyl groups is 8. The van der Waals surface area contributed by atoms with Crippen molar-refractivity contribution in [3.8, 4) is 0 Å². The lowest BCUT2D eigenvalue weighted by Gasteiger charge is -2.46. The molecule has 0 aliphatic carbocycles. The van der Waals surface area contributed by atoms with Crippen LogP contribution < -0.4 is 0 Å². The molecule has 198 valence electrons. The van der Waals surface area contributed by atoms with Crippen molar-refractivity contribution in [2.24, 2.45) is 0 Å². The van der Waals surface area contributed by atoms with Crippen LogP contribution in [0.1, 0.15) is 0 Å². The topological polar surface area (TPSA) is 255 Å². The van der Waals surface area contributed by atoms with Crippen LogP contribution in [-0.2, 0) is 33.2 Å². The second kappa shape index (κ2) is 11.3. The molecule has 16 nitrogen and oxygen atoms in total. The average Bonchev–Trinajstić information content (AvgIpc) is 3.09. The van der Waals surface area contributed by atoms with E-state index in [-0.39, 0.29) is 0 Å². The maximum atomic E-state index is 11.6. The molecule has 34 heavy (non-hydrogen) atoms. The van der Waals surface area contributed by atoms with E-state index in [1.165, 1.54) is 0 Å². The number of hydrogen-bond donors (Lipinski definition) is 9. The molecule has 0 spiro atoms. The first kappa shape index (κ1) is 27.5. The van der Waals surface area contributed by atoms with Gasteiger partial charge in [0.05, 0.1) is 13.2 Å². The Balaban J connectivity index is 1.87. The Morgan fingerprint density at radius 2 is 1.15 bits per heavy atom. The summed E-state index contributed by atoms with van der Waals surface area (Å²) in [5, 5.41) is 89.1. The maximum Gasteiger partial charge on any atom is 0.335 e. The van der Waals surface area contributed by atoms with Crippen LogP contribution in [0.3, 0.4) is 0 Å². The normalized spacial score (nSPS) is 49.8. The first-order valence-corrected chi connectivity index (χ1v) is 10.4. The molecule has 3 heterocycles. The molecule has 0 aromatic carbocycles. The molecule has 0 saturated carbocycles. The van der Waals surface area contributed by atoms with Crippen LogP contribution in [0.2, 0.25) is 0 Å². The van der Waals surface area contributed by atoms with Gasteiger partial charge >= 0.3 is 5.97 Å². The van der Waals surface area contributed by atoms with Crippen LogP contribution >= 0.6 is 0 Å². The summed E-state index contributed by atoms with van der Waals surface area (Å²) in [5.74, 6) is -1.60. The molecule has 5 unspecified atom stereocenters. The van der Waals surface area contributed by atoms with Crippen LogP contribution in [0.15, 0.2) is 0 Å². The molecule has 16 heteroatoms. The van der Waals surface area contributed by atoms with Crippen LogP contribution in [0, 0.1) is 0 Å². The highest BCUT2D eigenvalue weighted by Gasteiger charge is 2.55. The molecule has 3 rings (SSSR count). The van der Waals surface area contributed by atoms with Gasteiger partial charge in [0, 0.05) is 7.11 Å². The zero-order chi connectivity index (χ0) is 25.3. The van der Waals surface area contributed by atoms with Gasteiger partial charge in [0.25, 0.3) is 0 Å². The molecular formula is C18H30O16. The number of carboxylic acid groups (broad SMARTS) is 1. The van der Waals surface area contributed by atoms with Crippen molar-refractivity contribution in [1.29, 1.82) is 0 Å². The smallest absolute Gasteiger partial charge is 0.335 e. The summed E-state index contributed by atoms with van der Waals surface area (Å²) in [4.78, 5) is 11.6. The van der Waals surface area contributed by atoms with Gasteiger partial charge in [-0.05, 0) is 0 Å². The SMILES string of the molecule is CO[C@@H]1OC(C(=O)O)[C@@H](O)[C@@H](O[C@@H]2O[C@@H](CO)[C@@H](O)C2O)C1O[C@@H]1OC(CO)[C@@H](O)[C@@H](O)C1O. The van der Waals surface area contributed by atoms with E-state index in [9.17, 15) is 50.8 Å². The second-order valence-electron chi connectivity index (χ2n) is 8.09. The van der Waals surface area contributed by atoms with Gasteiger partial charge in [0.2, 0.25) is 0 Å². The van der Waals surface area contributed by atoms with Crippen molar-refractivity contribution in [2.45, 2.75) is 86.0 Å². The molecule has 3 aliphatic heterocycles. The van der Waals surface area contributed by atoms with E-state index in [0.29, 0.717) is 0 Å². The molecule has 3 aliphatic rings. The largest absolute Gasteiger partial charge is 0.479 e. The third-order valence-corrected chi connectivity index (χ3v) is 5.92. The van der Waals surface area contributed by atoms with Crippen molar-refractivity contribution in [2.75, 3.05) is 20.3 Å². The van der Waals surface area contributed by atoms with E-state index in [1.54, 1.807) is 0 Å². The van der Waals surface area contributed by atoms with E-state index < -0.39 is 105 Å². The molecule has 0 bridgehead atoms. The summed E-state index contributed by atoms with van der Waals surface area (Å²) >= 11 is 0. The molecule has 0 aromatic heterocycles. The predicted molar refractivity (Wildman–Crippen MR) is 101 cm³/mol. The quantitative estimate of drug-likeness (QED) is 0.150. The van der Waals surface area contributed by atoms with Gasteiger partial charge in [-0.1, -0.05) is 0 Å². The summed E-state index contributed by atoms with van der Waals surface area (Å²) in [6.07, 6.45) is -23.4. The summed E-state index contributed by atoms with van der Waals surface area (Å²) < 4.78 is 32.0. The fourth-order valence-corrected chi connectivity index (χ4v) is 3.98. The standard InChI is InChI=1S/C18H30O16/c1-29-18-14(34-17-10(25)8(23)6(21)4(2-19)30-17)12(11(26)13(33-18)15(27)28)32-16-9(24)7(22)5(3-20)31-16/h4-14,16-26H,2-3H2,1H3,(H,27,28)/t4?,5-,6+,7+,8+,9?,10?,11-,12+,13?,14?,16-,17-,18+/m0/s1. The molecule has 9 N–H and O–H groups in total. The molecule has 3 fully saturated rings. The van der Waals surface area contributed by atoms with Crippen molar-refractivity contribution in [3.63, 3.8) is 0 Å². The third kappa shape index (κ3) is 5.20. The average molecular weight is 502 g/mol. The van der Waals surface area contributed by atoms with Crippen molar-refractivity contribution < 1.29 is 79.2 Å². The number of methoxy groups -OCH3 is 1. The van der Waals surface area contributed by atoms with Gasteiger partial charge in [0.15, 0.2) is 25.0 Å². The van der Waals surface area contributed by atoms with Crippen LogP contribution in [-0.4, -0.2) is 158 Å². The van der Waals surface area contributed by atoms with E-state index in [1.807, 2.05) is 0 Å². The lowest BCUT2D eigenvalue weighted by molar-refractivity contribution is -0.374. The summed E-state index contributed by atoms with van der Waals surface area (Å²) in [6.45, 7) is -1.44. The number of rotatable bonds is 8. The number of aliphatic hydroxyl groups excluding tert-OH is 8. The van der Waals surface area contributed by atoms with Gasteiger partial charge in [-0.25, -0.2) is 4.79 Å². The Bertz CT molecular complexity index is 678. The van der Waals surface area contributed by atoms with Crippen LogP contribution in [0.25, 0.3) is 0 Å². The van der Waals surface area contributed by atoms with Gasteiger partial charge in [-0.15, -0.1) is 0 Å². The lowest BCUT2D eigenvalue weighted by Crippen LogP contribution is -2.66. The fourth-order valence-electron chi connectivity index (χ4n) is 3.98. The zero-order valence-electron chi connectivity index (χ0n) is 17.9. The van der Waals surface area contributed by atoms with E-state index in [2.05, 4.69) is 0 Å². The molecule has 0 aromatic rings. The Hall–Kier alpha value is -1.09. The van der Waals surface area contributed by atoms with Crippen molar-refractivity contribution in [1.82, 2.24) is 0 Å². The Kier molecular flexibility index (Phi) is 9.15. The summed E-state index contributed by atoms with van der Waals surface area (Å²) in [6, 6.07) is 0. The van der Waals surface area contributed by atoms with Crippen molar-refractivity contribution in [3.05, 3.63) is 0 Å². The second-order valence-corrected chi connectivity index (χ2v) is 8.09. The van der Waals surface area contributed by atoms with Gasteiger partial charge in [-0.3, -0.25) is 0 Å². The summed E-state index contributed by atoms with van der Waals surface area (Å²) in [7, 11) is 1.11. The van der Waals surface area contributed by atoms with Gasteiger partial charge in [0.1, 0.15) is 61.0 Å². The minimum atomic E-state index is -1.97. The Morgan fingerprint density at radius 3 is 1.62 bits per heavy atom. The Labute approximate surface area is 192 Å². The van der Waals surface area contributed by atoms with Crippen LogP contribution in [0.5, 0.6) is 0 Å². The van der Waals surface area contributed by atoms with Crippen LogP contribution in [0.4, 0.5) is 0 Å². The molecule has 0 radical (unpaired) electrons. The maximum absolute atomic E-state index is 11.6. The van der Waals surface area contributed by atoms with Crippen molar-refractivity contribution >= 4 is 5.97 Å². The van der Waals surface area contributed by atoms with Gasteiger partial charge < -0.3 is 74.4 Å². The van der Waals surface area contributed by atoms with Gasteiger partial charge in [-0.2, -0.15) is 0 Å². The molecule has 14 atom stereocenters. The highest BCUT2D eigenvalue weighted by Crippen LogP contribution is 2.33. The highest BCUT2D eigenvalue weighted by molar-refractivity contribution is 5.73. The molecular weight excluding hydrogens is 472 g/mol. The summed E-state index contributed by atoms with van der Waals surface area (Å²) in [5.41, 5.74) is 0. The highest BCUT2D eigenvalue weighted by atomic mass is 16.8.